The maximum Gasteiger partial charge on any atom is 0.292 e. The predicted octanol–water partition coefficient (Wildman–Crippen LogP) is 3.45. The highest BCUT2D eigenvalue weighted by Gasteiger charge is 2.15. The molecular weight excluding hydrogens is 390 g/mol. The summed E-state index contributed by atoms with van der Waals surface area (Å²) in [7, 11) is 0. The van der Waals surface area contributed by atoms with Gasteiger partial charge in [-0.2, -0.15) is 0 Å². The highest BCUT2D eigenvalue weighted by atomic mass is 32.2. The third kappa shape index (κ3) is 5.34. The fraction of sp³-hybridized carbons (Fsp3) is 0.250. The Labute approximate surface area is 162 Å². The predicted molar refractivity (Wildman–Crippen MR) is 101 cm³/mol. The van der Waals surface area contributed by atoms with E-state index in [2.05, 4.69) is 20.5 Å². The average Bonchev–Trinajstić information content (AvgIpc) is 3.24. The van der Waals surface area contributed by atoms with E-state index in [1.165, 1.54) is 23.9 Å². The summed E-state index contributed by atoms with van der Waals surface area (Å²) in [4.78, 5) is 26.8. The Morgan fingerprint density at radius 1 is 1.37 bits per heavy atom. The van der Waals surface area contributed by atoms with Gasteiger partial charge in [0.25, 0.3) is 10.9 Å². The van der Waals surface area contributed by atoms with Crippen LogP contribution in [-0.2, 0) is 11.2 Å². The molecule has 0 saturated carbocycles. The Hall–Kier alpha value is -2.79. The number of nitro groups is 1. The minimum absolute atomic E-state index is 0.141. The van der Waals surface area contributed by atoms with Crippen LogP contribution < -0.4 is 5.32 Å². The molecule has 1 N–H and O–H groups in total. The van der Waals surface area contributed by atoms with Gasteiger partial charge in [0.1, 0.15) is 5.69 Å². The summed E-state index contributed by atoms with van der Waals surface area (Å²) >= 11 is 2.81. The number of hydrogen-bond acceptors (Lipinski definition) is 9. The number of amides is 1. The zero-order valence-electron chi connectivity index (χ0n) is 14.2. The maximum atomic E-state index is 12.0. The van der Waals surface area contributed by atoms with E-state index < -0.39 is 4.92 Å². The molecule has 2 aromatic heterocycles. The topological polar surface area (TPSA) is 124 Å². The fourth-order valence-electron chi connectivity index (χ4n) is 2.19. The van der Waals surface area contributed by atoms with E-state index in [0.717, 1.165) is 10.7 Å². The minimum atomic E-state index is -0.534. The van der Waals surface area contributed by atoms with Crippen molar-refractivity contribution in [2.45, 2.75) is 25.0 Å². The van der Waals surface area contributed by atoms with Crippen molar-refractivity contribution in [3.8, 4) is 0 Å². The van der Waals surface area contributed by atoms with Crippen molar-refractivity contribution in [2.24, 2.45) is 0 Å². The van der Waals surface area contributed by atoms with E-state index in [4.69, 9.17) is 4.42 Å². The number of thiazole rings is 1. The monoisotopic (exact) mass is 405 g/mol. The standard InChI is InChI=1S/C16H15N5O4S2/c1-10-17-11(9-27-10)8-15-19-20-16(25-15)26-7-6-14(22)18-12-4-2-3-5-13(12)21(23)24/h2-5,9H,6-8H2,1H3,(H,18,22). The third-order valence-corrected chi connectivity index (χ3v) is 5.02. The molecule has 3 rings (SSSR count). The van der Waals surface area contributed by atoms with Crippen LogP contribution in [0.2, 0.25) is 0 Å². The van der Waals surface area contributed by atoms with Gasteiger partial charge in [-0.05, 0) is 13.0 Å². The van der Waals surface area contributed by atoms with Crippen LogP contribution in [-0.4, -0.2) is 31.8 Å². The van der Waals surface area contributed by atoms with Crippen molar-refractivity contribution in [2.75, 3.05) is 11.1 Å². The molecule has 3 aromatic rings. The smallest absolute Gasteiger partial charge is 0.292 e. The van der Waals surface area contributed by atoms with Crippen LogP contribution in [0.4, 0.5) is 11.4 Å². The molecule has 1 aromatic carbocycles. The number of rotatable bonds is 8. The molecule has 0 atom stereocenters. The van der Waals surface area contributed by atoms with Gasteiger partial charge < -0.3 is 9.73 Å². The van der Waals surface area contributed by atoms with Crippen molar-refractivity contribution in [3.05, 3.63) is 56.4 Å². The van der Waals surface area contributed by atoms with Crippen LogP contribution in [0.25, 0.3) is 0 Å². The molecule has 0 saturated heterocycles. The lowest BCUT2D eigenvalue weighted by molar-refractivity contribution is -0.383. The molecule has 27 heavy (non-hydrogen) atoms. The van der Waals surface area contributed by atoms with Crippen LogP contribution in [0, 0.1) is 17.0 Å². The molecule has 0 unspecified atom stereocenters. The summed E-state index contributed by atoms with van der Waals surface area (Å²) in [6, 6.07) is 6.01. The SMILES string of the molecule is Cc1nc(Cc2nnc(SCCC(=O)Nc3ccccc3[N+](=O)[O-])o2)cs1. The van der Waals surface area contributed by atoms with E-state index in [9.17, 15) is 14.9 Å². The Morgan fingerprint density at radius 2 is 2.19 bits per heavy atom. The number of thioether (sulfide) groups is 1. The van der Waals surface area contributed by atoms with Gasteiger partial charge in [-0.1, -0.05) is 23.9 Å². The minimum Gasteiger partial charge on any atom is -0.416 e. The van der Waals surface area contributed by atoms with Gasteiger partial charge in [-0.15, -0.1) is 21.5 Å². The summed E-state index contributed by atoms with van der Waals surface area (Å²) < 4.78 is 5.53. The lowest BCUT2D eigenvalue weighted by Gasteiger charge is -2.04. The summed E-state index contributed by atoms with van der Waals surface area (Å²) in [6.45, 7) is 1.93. The van der Waals surface area contributed by atoms with E-state index in [-0.39, 0.29) is 23.7 Å². The van der Waals surface area contributed by atoms with Crippen LogP contribution in [0.5, 0.6) is 0 Å². The Morgan fingerprint density at radius 3 is 2.93 bits per heavy atom. The number of nitrogens with one attached hydrogen (secondary N) is 1. The number of aromatic nitrogens is 3. The number of nitrogens with zero attached hydrogens (tertiary/aromatic N) is 4. The molecule has 2 heterocycles. The first-order valence-corrected chi connectivity index (χ1v) is 9.77. The second-order valence-corrected chi connectivity index (χ2v) is 7.53. The van der Waals surface area contributed by atoms with E-state index in [0.29, 0.717) is 23.3 Å². The molecule has 0 bridgehead atoms. The highest BCUT2D eigenvalue weighted by molar-refractivity contribution is 7.99. The number of benzene rings is 1. The number of aryl methyl sites for hydroxylation is 1. The first-order chi connectivity index (χ1) is 13.0. The Bertz CT molecular complexity index is 956. The van der Waals surface area contributed by atoms with Crippen LogP contribution in [0.15, 0.2) is 39.3 Å². The molecule has 0 spiro atoms. The molecular formula is C16H15N5O4S2. The number of para-hydroxylation sites is 2. The van der Waals surface area contributed by atoms with Crippen LogP contribution in [0.1, 0.15) is 23.0 Å². The maximum absolute atomic E-state index is 12.0. The van der Waals surface area contributed by atoms with Crippen molar-refractivity contribution in [3.63, 3.8) is 0 Å². The first-order valence-electron chi connectivity index (χ1n) is 7.90. The van der Waals surface area contributed by atoms with Gasteiger partial charge in [-0.25, -0.2) is 4.98 Å². The molecule has 11 heteroatoms. The highest BCUT2D eigenvalue weighted by Crippen LogP contribution is 2.24. The molecule has 0 aliphatic heterocycles. The zero-order valence-corrected chi connectivity index (χ0v) is 15.9. The van der Waals surface area contributed by atoms with Crippen molar-refractivity contribution < 1.29 is 14.1 Å². The zero-order chi connectivity index (χ0) is 19.2. The Balaban J connectivity index is 1.47. The second kappa shape index (κ2) is 8.73. The van der Waals surface area contributed by atoms with Gasteiger partial charge >= 0.3 is 0 Å². The molecule has 0 fully saturated rings. The van der Waals surface area contributed by atoms with Crippen LogP contribution >= 0.6 is 23.1 Å². The number of nitro benzene ring substituents is 1. The van der Waals surface area contributed by atoms with Crippen molar-refractivity contribution >= 4 is 40.4 Å². The quantitative estimate of drug-likeness (QED) is 0.343. The summed E-state index contributed by atoms with van der Waals surface area (Å²) in [5.41, 5.74) is 0.912. The summed E-state index contributed by atoms with van der Waals surface area (Å²) in [5.74, 6) is 0.547. The van der Waals surface area contributed by atoms with E-state index >= 15 is 0 Å². The Kier molecular flexibility index (Phi) is 6.14. The molecule has 140 valence electrons. The van der Waals surface area contributed by atoms with Gasteiger partial charge in [0.2, 0.25) is 11.8 Å². The lowest BCUT2D eigenvalue weighted by Crippen LogP contribution is -2.13. The largest absolute Gasteiger partial charge is 0.416 e. The van der Waals surface area contributed by atoms with E-state index in [1.54, 1.807) is 23.5 Å². The number of anilines is 1. The molecule has 0 aliphatic carbocycles. The van der Waals surface area contributed by atoms with Gasteiger partial charge in [-0.3, -0.25) is 14.9 Å². The summed E-state index contributed by atoms with van der Waals surface area (Å²) in [6.07, 6.45) is 0.621. The van der Waals surface area contributed by atoms with Gasteiger partial charge in [0, 0.05) is 23.6 Å². The normalized spacial score (nSPS) is 10.7. The second-order valence-electron chi connectivity index (χ2n) is 5.42. The van der Waals surface area contributed by atoms with E-state index in [1.807, 2.05) is 12.3 Å². The molecule has 0 radical (unpaired) electrons. The summed E-state index contributed by atoms with van der Waals surface area (Å²) in [5, 5.41) is 24.7. The van der Waals surface area contributed by atoms with Gasteiger partial charge in [0.15, 0.2) is 0 Å². The van der Waals surface area contributed by atoms with Crippen molar-refractivity contribution in [1.29, 1.82) is 0 Å². The lowest BCUT2D eigenvalue weighted by atomic mass is 10.2. The number of carbonyl (C=O) groups excluding carboxylic acids is 1. The van der Waals surface area contributed by atoms with Crippen LogP contribution in [0.3, 0.4) is 0 Å². The molecule has 1 amide bonds. The van der Waals surface area contributed by atoms with Gasteiger partial charge in [0.05, 0.1) is 22.0 Å². The fourth-order valence-corrected chi connectivity index (χ4v) is 3.52. The van der Waals surface area contributed by atoms with Crippen molar-refractivity contribution in [1.82, 2.24) is 15.2 Å². The first kappa shape index (κ1) is 19.0. The third-order valence-electron chi connectivity index (χ3n) is 3.38. The number of hydrogen-bond donors (Lipinski definition) is 1. The number of carbonyl (C=O) groups is 1. The average molecular weight is 405 g/mol. The molecule has 0 aliphatic rings. The molecule has 9 nitrogen and oxygen atoms in total.